The minimum atomic E-state index is -0.355. The molecule has 2 aromatic carbocycles. The lowest BCUT2D eigenvalue weighted by atomic mass is 10.2. The van der Waals surface area contributed by atoms with Crippen molar-refractivity contribution in [2.24, 2.45) is 5.10 Å². The number of carbonyl (C=O) groups excluding carboxylic acids is 2. The molecule has 0 atom stereocenters. The number of nitrogens with one attached hydrogen (secondary N) is 2. The first-order valence-corrected chi connectivity index (χ1v) is 8.95. The fourth-order valence-electron chi connectivity index (χ4n) is 2.19. The Morgan fingerprint density at radius 1 is 1.00 bits per heavy atom. The quantitative estimate of drug-likeness (QED) is 0.498. The van der Waals surface area contributed by atoms with Gasteiger partial charge in [-0.2, -0.15) is 5.10 Å². The summed E-state index contributed by atoms with van der Waals surface area (Å²) in [6.45, 7) is 1.42. The van der Waals surface area contributed by atoms with Crippen molar-refractivity contribution < 1.29 is 14.0 Å². The molecule has 136 valence electrons. The van der Waals surface area contributed by atoms with E-state index < -0.39 is 0 Å². The Bertz CT molecular complexity index is 950. The lowest BCUT2D eigenvalue weighted by Crippen LogP contribution is -2.17. The molecule has 0 unspecified atom stereocenters. The summed E-state index contributed by atoms with van der Waals surface area (Å²) in [5.74, 6) is 0.0147. The van der Waals surface area contributed by atoms with Gasteiger partial charge in [0.05, 0.1) is 6.21 Å². The number of hydrogen-bond acceptors (Lipinski definition) is 5. The summed E-state index contributed by atoms with van der Waals surface area (Å²) in [4.78, 5) is 24.1. The van der Waals surface area contributed by atoms with E-state index in [1.54, 1.807) is 30.3 Å². The van der Waals surface area contributed by atoms with Crippen molar-refractivity contribution in [1.82, 2.24) is 5.43 Å². The van der Waals surface area contributed by atoms with Crippen LogP contribution in [0.4, 0.5) is 5.69 Å². The van der Waals surface area contributed by atoms with Gasteiger partial charge in [0.15, 0.2) is 5.09 Å². The Morgan fingerprint density at radius 2 is 1.74 bits per heavy atom. The maximum absolute atomic E-state index is 12.1. The molecule has 0 bridgehead atoms. The summed E-state index contributed by atoms with van der Waals surface area (Å²) in [5.41, 5.74) is 3.50. The van der Waals surface area contributed by atoms with Crippen molar-refractivity contribution in [3.8, 4) is 0 Å². The van der Waals surface area contributed by atoms with Gasteiger partial charge in [0, 0.05) is 23.1 Å². The zero-order valence-corrected chi connectivity index (χ0v) is 15.3. The first-order chi connectivity index (χ1) is 13.1. The van der Waals surface area contributed by atoms with Crippen LogP contribution in [-0.4, -0.2) is 18.0 Å². The Balaban J connectivity index is 1.54. The van der Waals surface area contributed by atoms with Gasteiger partial charge in [-0.3, -0.25) is 9.59 Å². The smallest absolute Gasteiger partial charge is 0.271 e. The highest BCUT2D eigenvalue weighted by atomic mass is 32.2. The zero-order chi connectivity index (χ0) is 19.1. The van der Waals surface area contributed by atoms with Crippen molar-refractivity contribution >= 4 is 35.5 Å². The number of amides is 2. The highest BCUT2D eigenvalue weighted by molar-refractivity contribution is 7.99. The number of carbonyl (C=O) groups is 2. The van der Waals surface area contributed by atoms with E-state index >= 15 is 0 Å². The fourth-order valence-corrected chi connectivity index (χ4v) is 2.99. The molecule has 3 rings (SSSR count). The van der Waals surface area contributed by atoms with E-state index in [4.69, 9.17) is 4.42 Å². The Hall–Kier alpha value is -3.32. The van der Waals surface area contributed by atoms with Crippen LogP contribution in [0.2, 0.25) is 0 Å². The number of furan rings is 1. The molecule has 0 saturated heterocycles. The molecule has 0 radical (unpaired) electrons. The van der Waals surface area contributed by atoms with Crippen LogP contribution in [-0.2, 0) is 4.79 Å². The summed E-state index contributed by atoms with van der Waals surface area (Å²) in [5, 5.41) is 7.29. The van der Waals surface area contributed by atoms with Crippen LogP contribution < -0.4 is 10.7 Å². The van der Waals surface area contributed by atoms with Gasteiger partial charge in [-0.1, -0.05) is 30.0 Å². The van der Waals surface area contributed by atoms with Crippen molar-refractivity contribution in [2.75, 3.05) is 5.32 Å². The third kappa shape index (κ3) is 5.58. The number of nitrogens with zero attached hydrogens (tertiary/aromatic N) is 1. The van der Waals surface area contributed by atoms with Gasteiger partial charge in [-0.05, 0) is 48.5 Å². The first kappa shape index (κ1) is 18.5. The molecule has 0 spiro atoms. The average Bonchev–Trinajstić information content (AvgIpc) is 3.10. The molecule has 0 saturated carbocycles. The lowest BCUT2D eigenvalue weighted by Gasteiger charge is -2.03. The molecule has 0 fully saturated rings. The van der Waals surface area contributed by atoms with Gasteiger partial charge in [-0.25, -0.2) is 5.43 Å². The second-order valence-corrected chi connectivity index (χ2v) is 6.61. The monoisotopic (exact) mass is 379 g/mol. The van der Waals surface area contributed by atoms with Gasteiger partial charge < -0.3 is 9.73 Å². The second kappa shape index (κ2) is 8.86. The van der Waals surface area contributed by atoms with E-state index in [1.807, 2.05) is 36.4 Å². The molecule has 6 nitrogen and oxygen atoms in total. The molecule has 2 amide bonds. The van der Waals surface area contributed by atoms with Gasteiger partial charge in [0.1, 0.15) is 5.76 Å². The standard InChI is InChI=1S/C20H17N3O3S/c1-14(24)22-16-9-7-15(8-10-16)20(25)23-21-13-17-11-12-19(26-17)27-18-5-3-2-4-6-18/h2-13H,1H3,(H,22,24)(H,23,25). The largest absolute Gasteiger partial charge is 0.448 e. The normalized spacial score (nSPS) is 10.7. The molecule has 1 aromatic heterocycles. The van der Waals surface area contributed by atoms with Crippen LogP contribution in [0.15, 0.2) is 86.2 Å². The van der Waals surface area contributed by atoms with E-state index in [0.717, 1.165) is 9.99 Å². The van der Waals surface area contributed by atoms with Crippen LogP contribution >= 0.6 is 11.8 Å². The zero-order valence-electron chi connectivity index (χ0n) is 14.5. The van der Waals surface area contributed by atoms with E-state index in [1.165, 1.54) is 24.9 Å². The molecular weight excluding hydrogens is 362 g/mol. The summed E-state index contributed by atoms with van der Waals surface area (Å²) < 4.78 is 5.65. The first-order valence-electron chi connectivity index (χ1n) is 8.14. The van der Waals surface area contributed by atoms with Crippen LogP contribution in [0.1, 0.15) is 23.0 Å². The minimum Gasteiger partial charge on any atom is -0.448 e. The number of hydrazone groups is 1. The summed E-state index contributed by atoms with van der Waals surface area (Å²) in [6.07, 6.45) is 1.44. The third-order valence-electron chi connectivity index (χ3n) is 3.39. The summed E-state index contributed by atoms with van der Waals surface area (Å²) >= 11 is 1.50. The fraction of sp³-hybridized carbons (Fsp3) is 0.0500. The maximum atomic E-state index is 12.1. The van der Waals surface area contributed by atoms with Crippen LogP contribution in [0.3, 0.4) is 0 Å². The maximum Gasteiger partial charge on any atom is 0.271 e. The van der Waals surface area contributed by atoms with Gasteiger partial charge in [0.2, 0.25) is 5.91 Å². The molecule has 3 aromatic rings. The second-order valence-electron chi connectivity index (χ2n) is 5.53. The molecule has 0 aliphatic heterocycles. The highest BCUT2D eigenvalue weighted by Gasteiger charge is 2.05. The minimum absolute atomic E-state index is 0.167. The average molecular weight is 379 g/mol. The molecule has 7 heteroatoms. The van der Waals surface area contributed by atoms with Crippen LogP contribution in [0.25, 0.3) is 0 Å². The summed E-state index contributed by atoms with van der Waals surface area (Å²) in [6, 6.07) is 20.0. The van der Waals surface area contributed by atoms with Gasteiger partial charge in [-0.15, -0.1) is 0 Å². The topological polar surface area (TPSA) is 83.7 Å². The number of hydrogen-bond donors (Lipinski definition) is 2. The van der Waals surface area contributed by atoms with E-state index in [2.05, 4.69) is 15.8 Å². The third-order valence-corrected chi connectivity index (χ3v) is 4.32. The van der Waals surface area contributed by atoms with Crippen LogP contribution in [0.5, 0.6) is 0 Å². The number of benzene rings is 2. The number of anilines is 1. The molecular formula is C20H17N3O3S. The van der Waals surface area contributed by atoms with Gasteiger partial charge in [0.25, 0.3) is 5.91 Å². The van der Waals surface area contributed by atoms with E-state index in [9.17, 15) is 9.59 Å². The Kier molecular flexibility index (Phi) is 6.06. The van der Waals surface area contributed by atoms with Gasteiger partial charge >= 0.3 is 0 Å². The molecule has 2 N–H and O–H groups in total. The molecule has 1 heterocycles. The highest BCUT2D eigenvalue weighted by Crippen LogP contribution is 2.28. The lowest BCUT2D eigenvalue weighted by molar-refractivity contribution is -0.114. The number of rotatable bonds is 6. The van der Waals surface area contributed by atoms with Crippen molar-refractivity contribution in [2.45, 2.75) is 16.9 Å². The van der Waals surface area contributed by atoms with Crippen LogP contribution in [0, 0.1) is 0 Å². The molecule has 0 aliphatic carbocycles. The summed E-state index contributed by atoms with van der Waals surface area (Å²) in [7, 11) is 0. The predicted octanol–water partition coefficient (Wildman–Crippen LogP) is 4.15. The SMILES string of the molecule is CC(=O)Nc1ccc(C(=O)NN=Cc2ccc(Sc3ccccc3)o2)cc1. The van der Waals surface area contributed by atoms with E-state index in [0.29, 0.717) is 17.0 Å². The predicted molar refractivity (Wildman–Crippen MR) is 105 cm³/mol. The Labute approximate surface area is 160 Å². The van der Waals surface area contributed by atoms with Crippen molar-refractivity contribution in [3.05, 3.63) is 78.1 Å². The molecule has 27 heavy (non-hydrogen) atoms. The van der Waals surface area contributed by atoms with E-state index in [-0.39, 0.29) is 11.8 Å². The van der Waals surface area contributed by atoms with Crippen molar-refractivity contribution in [1.29, 1.82) is 0 Å². The molecule has 0 aliphatic rings. The van der Waals surface area contributed by atoms with Crippen molar-refractivity contribution in [3.63, 3.8) is 0 Å². The Morgan fingerprint density at radius 3 is 2.44 bits per heavy atom.